The van der Waals surface area contributed by atoms with Crippen LogP contribution in [0.4, 0.5) is 5.69 Å². The van der Waals surface area contributed by atoms with Crippen LogP contribution < -0.4 is 5.32 Å². The topological polar surface area (TPSA) is 73.1 Å². The van der Waals surface area contributed by atoms with Crippen molar-refractivity contribution in [3.05, 3.63) is 23.8 Å². The summed E-state index contributed by atoms with van der Waals surface area (Å²) in [4.78, 5) is 12.1. The number of rotatable bonds is 7. The van der Waals surface area contributed by atoms with Crippen molar-refractivity contribution >= 4 is 23.4 Å². The molecule has 20 heavy (non-hydrogen) atoms. The largest absolute Gasteiger partial charge is 0.481 e. The lowest BCUT2D eigenvalue weighted by atomic mass is 9.97. The van der Waals surface area contributed by atoms with Gasteiger partial charge in [-0.1, -0.05) is 19.9 Å². The highest BCUT2D eigenvalue weighted by Crippen LogP contribution is 2.26. The van der Waals surface area contributed by atoms with Crippen LogP contribution in [0.1, 0.15) is 25.8 Å². The zero-order valence-electron chi connectivity index (χ0n) is 12.0. The van der Waals surface area contributed by atoms with Crippen molar-refractivity contribution in [2.24, 2.45) is 11.8 Å². The highest BCUT2D eigenvalue weighted by Gasteiger charge is 2.19. The van der Waals surface area contributed by atoms with E-state index < -0.39 is 11.9 Å². The van der Waals surface area contributed by atoms with Crippen LogP contribution in [0.3, 0.4) is 0 Å². The third kappa shape index (κ3) is 4.46. The first-order valence-corrected chi connectivity index (χ1v) is 7.75. The summed E-state index contributed by atoms with van der Waals surface area (Å²) in [6, 6.07) is 7.74. The molecule has 5 heteroatoms. The van der Waals surface area contributed by atoms with Crippen LogP contribution >= 0.6 is 11.8 Å². The van der Waals surface area contributed by atoms with E-state index in [2.05, 4.69) is 11.4 Å². The molecule has 0 aliphatic carbocycles. The van der Waals surface area contributed by atoms with Crippen LogP contribution in [-0.4, -0.2) is 23.9 Å². The van der Waals surface area contributed by atoms with Crippen molar-refractivity contribution < 1.29 is 9.90 Å². The summed E-state index contributed by atoms with van der Waals surface area (Å²) in [5.74, 6) is -0.920. The van der Waals surface area contributed by atoms with Crippen molar-refractivity contribution in [3.8, 4) is 6.07 Å². The minimum atomic E-state index is -0.800. The third-order valence-corrected chi connectivity index (χ3v) is 3.78. The van der Waals surface area contributed by atoms with E-state index in [0.29, 0.717) is 30.1 Å². The number of carboxylic acid groups (broad SMARTS) is 1. The van der Waals surface area contributed by atoms with Gasteiger partial charge in [-0.25, -0.2) is 0 Å². The normalized spacial score (nSPS) is 11.9. The van der Waals surface area contributed by atoms with Crippen LogP contribution in [0.25, 0.3) is 0 Å². The summed E-state index contributed by atoms with van der Waals surface area (Å²) >= 11 is 1.51. The van der Waals surface area contributed by atoms with E-state index in [1.165, 1.54) is 11.8 Å². The van der Waals surface area contributed by atoms with Gasteiger partial charge in [0, 0.05) is 11.4 Å². The number of benzene rings is 1. The Morgan fingerprint density at radius 1 is 1.50 bits per heavy atom. The molecule has 0 spiro atoms. The maximum atomic E-state index is 11.2. The number of aliphatic carboxylic acids is 1. The molecule has 1 aromatic carbocycles. The van der Waals surface area contributed by atoms with Gasteiger partial charge in [-0.3, -0.25) is 4.79 Å². The highest BCUT2D eigenvalue weighted by atomic mass is 32.2. The molecule has 4 nitrogen and oxygen atoms in total. The zero-order chi connectivity index (χ0) is 15.1. The van der Waals surface area contributed by atoms with Gasteiger partial charge in [0.1, 0.15) is 6.07 Å². The summed E-state index contributed by atoms with van der Waals surface area (Å²) in [7, 11) is 0. The summed E-state index contributed by atoms with van der Waals surface area (Å²) in [6.45, 7) is 4.34. The molecule has 0 saturated heterocycles. The molecule has 0 aliphatic heterocycles. The van der Waals surface area contributed by atoms with Crippen molar-refractivity contribution in [2.45, 2.75) is 25.2 Å². The number of nitrogens with one attached hydrogen (secondary N) is 1. The fourth-order valence-electron chi connectivity index (χ4n) is 2.04. The smallest absolute Gasteiger partial charge is 0.308 e. The number of hydrogen-bond donors (Lipinski definition) is 2. The van der Waals surface area contributed by atoms with Gasteiger partial charge >= 0.3 is 5.97 Å². The lowest BCUT2D eigenvalue weighted by Gasteiger charge is -2.17. The Morgan fingerprint density at radius 2 is 2.20 bits per heavy atom. The van der Waals surface area contributed by atoms with Crippen molar-refractivity contribution in [2.75, 3.05) is 18.1 Å². The standard InChI is InChI=1S/C15H20N2O2S/c1-10(2)7-11(15(18)19)9-17-13-5-4-6-14(20-3)12(13)8-16/h4-6,10-11,17H,7,9H2,1-3H3,(H,18,19). The average Bonchev–Trinajstić information content (AvgIpc) is 2.42. The number of carbonyl (C=O) groups is 1. The Kier molecular flexibility index (Phi) is 6.40. The van der Waals surface area contributed by atoms with E-state index in [9.17, 15) is 15.2 Å². The number of thioether (sulfide) groups is 1. The fraction of sp³-hybridized carbons (Fsp3) is 0.467. The predicted octanol–water partition coefficient (Wildman–Crippen LogP) is 3.44. The quantitative estimate of drug-likeness (QED) is 0.753. The maximum Gasteiger partial charge on any atom is 0.308 e. The second-order valence-electron chi connectivity index (χ2n) is 5.04. The predicted molar refractivity (Wildman–Crippen MR) is 82.0 cm³/mol. The minimum absolute atomic E-state index is 0.325. The molecule has 1 rings (SSSR count). The molecule has 0 radical (unpaired) electrons. The average molecular weight is 292 g/mol. The van der Waals surface area contributed by atoms with Crippen molar-refractivity contribution in [1.29, 1.82) is 5.26 Å². The summed E-state index contributed by atoms with van der Waals surface area (Å²) < 4.78 is 0. The molecule has 108 valence electrons. The molecule has 0 aliphatic rings. The Hall–Kier alpha value is -1.67. The molecule has 2 N–H and O–H groups in total. The van der Waals surface area contributed by atoms with Gasteiger partial charge in [0.2, 0.25) is 0 Å². The molecule has 0 fully saturated rings. The zero-order valence-corrected chi connectivity index (χ0v) is 12.8. The maximum absolute atomic E-state index is 11.2. The first-order valence-electron chi connectivity index (χ1n) is 6.53. The van der Waals surface area contributed by atoms with Gasteiger partial charge in [-0.2, -0.15) is 5.26 Å². The summed E-state index contributed by atoms with van der Waals surface area (Å²) in [6.07, 6.45) is 2.53. The van der Waals surface area contributed by atoms with Gasteiger partial charge in [0.25, 0.3) is 0 Å². The third-order valence-electron chi connectivity index (χ3n) is 3.00. The Balaban J connectivity index is 2.83. The van der Waals surface area contributed by atoms with E-state index in [1.807, 2.05) is 38.3 Å². The number of nitrogens with zero attached hydrogens (tertiary/aromatic N) is 1. The Bertz CT molecular complexity index is 509. The lowest BCUT2D eigenvalue weighted by molar-refractivity contribution is -0.141. The molecule has 0 bridgehead atoms. The highest BCUT2D eigenvalue weighted by molar-refractivity contribution is 7.98. The molecule has 1 aromatic rings. The molecule has 1 unspecified atom stereocenters. The molecule has 0 heterocycles. The van der Waals surface area contributed by atoms with Crippen LogP contribution in [0.5, 0.6) is 0 Å². The van der Waals surface area contributed by atoms with Crippen LogP contribution in [0.15, 0.2) is 23.1 Å². The first-order chi connectivity index (χ1) is 9.49. The molecular formula is C15H20N2O2S. The van der Waals surface area contributed by atoms with E-state index >= 15 is 0 Å². The second-order valence-corrected chi connectivity index (χ2v) is 5.89. The molecular weight excluding hydrogens is 272 g/mol. The van der Waals surface area contributed by atoms with E-state index in [0.717, 1.165) is 4.90 Å². The lowest BCUT2D eigenvalue weighted by Crippen LogP contribution is -2.24. The Morgan fingerprint density at radius 3 is 2.70 bits per heavy atom. The van der Waals surface area contributed by atoms with Gasteiger partial charge < -0.3 is 10.4 Å². The monoisotopic (exact) mass is 292 g/mol. The van der Waals surface area contributed by atoms with E-state index in [1.54, 1.807) is 0 Å². The van der Waals surface area contributed by atoms with Gasteiger partial charge in [0.05, 0.1) is 17.2 Å². The Labute approximate surface area is 124 Å². The SMILES string of the molecule is CSc1cccc(NCC(CC(C)C)C(=O)O)c1C#N. The van der Waals surface area contributed by atoms with Gasteiger partial charge in [-0.05, 0) is 30.7 Å². The minimum Gasteiger partial charge on any atom is -0.481 e. The number of anilines is 1. The first kappa shape index (κ1) is 16.4. The van der Waals surface area contributed by atoms with Crippen LogP contribution in [-0.2, 0) is 4.79 Å². The van der Waals surface area contributed by atoms with Gasteiger partial charge in [0.15, 0.2) is 0 Å². The number of hydrogen-bond acceptors (Lipinski definition) is 4. The van der Waals surface area contributed by atoms with Crippen molar-refractivity contribution in [3.63, 3.8) is 0 Å². The molecule has 0 amide bonds. The molecule has 0 saturated carbocycles. The summed E-state index contributed by atoms with van der Waals surface area (Å²) in [5, 5.41) is 21.6. The number of nitriles is 1. The molecule has 0 aromatic heterocycles. The van der Waals surface area contributed by atoms with E-state index in [4.69, 9.17) is 0 Å². The number of carboxylic acids is 1. The summed E-state index contributed by atoms with van der Waals surface area (Å²) in [5.41, 5.74) is 1.28. The fourth-order valence-corrected chi connectivity index (χ4v) is 2.61. The second kappa shape index (κ2) is 7.81. The van der Waals surface area contributed by atoms with Crippen LogP contribution in [0, 0.1) is 23.2 Å². The molecule has 1 atom stereocenters. The van der Waals surface area contributed by atoms with Gasteiger partial charge in [-0.15, -0.1) is 11.8 Å². The van der Waals surface area contributed by atoms with E-state index in [-0.39, 0.29) is 0 Å². The van der Waals surface area contributed by atoms with Crippen molar-refractivity contribution in [1.82, 2.24) is 0 Å². The van der Waals surface area contributed by atoms with Crippen LogP contribution in [0.2, 0.25) is 0 Å².